The second kappa shape index (κ2) is 8.03. The molecule has 0 saturated heterocycles. The lowest BCUT2D eigenvalue weighted by molar-refractivity contribution is 0.0688. The van der Waals surface area contributed by atoms with Crippen molar-refractivity contribution >= 4 is 34.7 Å². The maximum Gasteiger partial charge on any atom is 0.354 e. The topological polar surface area (TPSA) is 125 Å². The summed E-state index contributed by atoms with van der Waals surface area (Å²) in [7, 11) is 4.61. The number of nitrogens with zero attached hydrogens (tertiary/aromatic N) is 5. The molecule has 0 saturated carbocycles. The highest BCUT2D eigenvalue weighted by atomic mass is 35.5. The molecule has 11 nitrogen and oxygen atoms in total. The van der Waals surface area contributed by atoms with Gasteiger partial charge in [0.05, 0.1) is 33.2 Å². The molecule has 4 rings (SSSR count). The first-order chi connectivity index (χ1) is 14.9. The van der Waals surface area contributed by atoms with Crippen LogP contribution in [-0.2, 0) is 0 Å². The van der Waals surface area contributed by atoms with Crippen molar-refractivity contribution in [1.82, 2.24) is 24.1 Å². The molecule has 0 spiro atoms. The Kier molecular flexibility index (Phi) is 5.26. The number of hydrogen-bond acceptors (Lipinski definition) is 8. The van der Waals surface area contributed by atoms with Gasteiger partial charge < -0.3 is 29.2 Å². The zero-order valence-corrected chi connectivity index (χ0v) is 17.4. The maximum absolute atomic E-state index is 11.4. The van der Waals surface area contributed by atoms with E-state index in [1.165, 1.54) is 31.9 Å². The molecule has 0 aliphatic heterocycles. The summed E-state index contributed by atoms with van der Waals surface area (Å²) in [5.74, 6) is 1.10. The Morgan fingerprint density at radius 1 is 1.13 bits per heavy atom. The highest BCUT2D eigenvalue weighted by Gasteiger charge is 2.17. The summed E-state index contributed by atoms with van der Waals surface area (Å²) in [5.41, 5.74) is 1.12. The lowest BCUT2D eigenvalue weighted by Crippen LogP contribution is -2.07. The van der Waals surface area contributed by atoms with Crippen molar-refractivity contribution in [2.75, 3.05) is 26.6 Å². The zero-order chi connectivity index (χ0) is 22.1. The summed E-state index contributed by atoms with van der Waals surface area (Å²) in [5, 5.41) is 16.2. The minimum absolute atomic E-state index is 0.0368. The van der Waals surface area contributed by atoms with E-state index in [0.29, 0.717) is 34.4 Å². The number of anilines is 2. The van der Waals surface area contributed by atoms with E-state index in [1.807, 2.05) is 0 Å². The first-order valence-corrected chi connectivity index (χ1v) is 9.23. The summed E-state index contributed by atoms with van der Waals surface area (Å²) in [4.78, 5) is 19.9. The molecule has 0 atom stereocenters. The number of imidazole rings is 1. The van der Waals surface area contributed by atoms with Crippen LogP contribution in [0, 0.1) is 0 Å². The monoisotopic (exact) mass is 444 g/mol. The van der Waals surface area contributed by atoms with Crippen LogP contribution in [0.15, 0.2) is 36.8 Å². The lowest BCUT2D eigenvalue weighted by atomic mass is 10.2. The number of hydrogen-bond donors (Lipinski definition) is 2. The molecule has 160 valence electrons. The second-order valence-electron chi connectivity index (χ2n) is 6.22. The van der Waals surface area contributed by atoms with Gasteiger partial charge in [0.15, 0.2) is 23.0 Å². The third kappa shape index (κ3) is 3.66. The number of carbonyl (C=O) groups is 1. The number of carboxylic acids is 1. The van der Waals surface area contributed by atoms with Crippen LogP contribution in [0.4, 0.5) is 11.6 Å². The van der Waals surface area contributed by atoms with E-state index in [9.17, 15) is 9.90 Å². The Balaban J connectivity index is 1.70. The molecule has 3 aromatic heterocycles. The Morgan fingerprint density at radius 3 is 2.45 bits per heavy atom. The predicted octanol–water partition coefficient (Wildman–Crippen LogP) is 3.04. The number of aromatic nitrogens is 5. The molecular formula is C19H17ClN6O5. The van der Waals surface area contributed by atoms with E-state index in [-0.39, 0.29) is 11.0 Å². The summed E-state index contributed by atoms with van der Waals surface area (Å²) in [6, 6.07) is 6.55. The number of carboxylic acid groups (broad SMARTS) is 1. The van der Waals surface area contributed by atoms with Crippen LogP contribution in [0.2, 0.25) is 5.28 Å². The van der Waals surface area contributed by atoms with Crippen LogP contribution >= 0.6 is 11.6 Å². The fourth-order valence-electron chi connectivity index (χ4n) is 3.09. The van der Waals surface area contributed by atoms with Crippen molar-refractivity contribution in [3.63, 3.8) is 0 Å². The summed E-state index contributed by atoms with van der Waals surface area (Å²) in [6.45, 7) is 0. The predicted molar refractivity (Wildman–Crippen MR) is 111 cm³/mol. The number of methoxy groups -OCH3 is 3. The molecule has 0 aliphatic rings. The highest BCUT2D eigenvalue weighted by molar-refractivity contribution is 6.28. The zero-order valence-electron chi connectivity index (χ0n) is 16.7. The van der Waals surface area contributed by atoms with Crippen LogP contribution in [0.25, 0.3) is 11.2 Å². The number of halogens is 1. The molecule has 0 aliphatic carbocycles. The smallest absolute Gasteiger partial charge is 0.354 e. The fourth-order valence-corrected chi connectivity index (χ4v) is 3.25. The molecule has 12 heteroatoms. The van der Waals surface area contributed by atoms with E-state index >= 15 is 0 Å². The number of aromatic carboxylic acids is 1. The molecule has 0 bridgehead atoms. The number of rotatable bonds is 7. The van der Waals surface area contributed by atoms with Gasteiger partial charge in [-0.3, -0.25) is 0 Å². The first-order valence-electron chi connectivity index (χ1n) is 8.85. The molecule has 3 heterocycles. The number of benzene rings is 1. The average Bonchev–Trinajstić information content (AvgIpc) is 3.39. The van der Waals surface area contributed by atoms with Crippen molar-refractivity contribution in [2.24, 2.45) is 0 Å². The summed E-state index contributed by atoms with van der Waals surface area (Å²) in [6.07, 6.45) is 3.30. The van der Waals surface area contributed by atoms with Crippen molar-refractivity contribution in [2.45, 2.75) is 0 Å². The largest absolute Gasteiger partial charge is 0.493 e. The van der Waals surface area contributed by atoms with Gasteiger partial charge in [-0.2, -0.15) is 4.98 Å². The fraction of sp³-hybridized carbons (Fsp3) is 0.158. The minimum Gasteiger partial charge on any atom is -0.493 e. The van der Waals surface area contributed by atoms with Gasteiger partial charge in [0.2, 0.25) is 11.0 Å². The molecule has 0 radical (unpaired) electrons. The van der Waals surface area contributed by atoms with Gasteiger partial charge in [-0.25, -0.2) is 14.3 Å². The molecule has 2 N–H and O–H groups in total. The number of nitrogens with one attached hydrogen (secondary N) is 1. The summed E-state index contributed by atoms with van der Waals surface area (Å²) >= 11 is 5.98. The maximum atomic E-state index is 11.4. The van der Waals surface area contributed by atoms with Gasteiger partial charge >= 0.3 is 5.97 Å². The van der Waals surface area contributed by atoms with Gasteiger partial charge in [0.1, 0.15) is 17.7 Å². The molecule has 4 aromatic rings. The Morgan fingerprint density at radius 2 is 1.84 bits per heavy atom. The second-order valence-corrected chi connectivity index (χ2v) is 6.56. The van der Waals surface area contributed by atoms with E-state index in [0.717, 1.165) is 5.69 Å². The van der Waals surface area contributed by atoms with Crippen LogP contribution in [-0.4, -0.2) is 56.6 Å². The lowest BCUT2D eigenvalue weighted by Gasteiger charge is -2.14. The number of ether oxygens (including phenoxy) is 3. The van der Waals surface area contributed by atoms with Crippen LogP contribution in [0.1, 0.15) is 10.5 Å². The van der Waals surface area contributed by atoms with Gasteiger partial charge in [-0.1, -0.05) is 0 Å². The van der Waals surface area contributed by atoms with Gasteiger partial charge in [0, 0.05) is 12.1 Å². The van der Waals surface area contributed by atoms with Crippen molar-refractivity contribution in [3.8, 4) is 22.9 Å². The third-order valence-corrected chi connectivity index (χ3v) is 4.64. The molecular weight excluding hydrogens is 428 g/mol. The van der Waals surface area contributed by atoms with Crippen LogP contribution in [0.5, 0.6) is 17.2 Å². The molecule has 1 aromatic carbocycles. The highest BCUT2D eigenvalue weighted by Crippen LogP contribution is 2.39. The Hall–Kier alpha value is -3.99. The minimum atomic E-state index is -1.13. The molecule has 0 fully saturated rings. The summed E-state index contributed by atoms with van der Waals surface area (Å²) < 4.78 is 19.1. The number of fused-ring (bicyclic) bond motifs is 1. The van der Waals surface area contributed by atoms with E-state index < -0.39 is 5.97 Å². The van der Waals surface area contributed by atoms with Crippen molar-refractivity contribution in [3.05, 3.63) is 47.8 Å². The standard InChI is InChI=1S/C19H17ClN6O5/c1-29-13-6-10(7-14(30-2)16(13)31-3)25-8-15(21-9-25)22-17-11-4-5-12(18(27)28)26(11)24-19(20)23-17/h4-9H,1-3H3,(H,27,28)(H,22,23,24). The van der Waals surface area contributed by atoms with Crippen LogP contribution < -0.4 is 19.5 Å². The van der Waals surface area contributed by atoms with Gasteiger partial charge in [0.25, 0.3) is 0 Å². The average molecular weight is 445 g/mol. The molecule has 31 heavy (non-hydrogen) atoms. The Bertz CT molecular complexity index is 1260. The Labute approximate surface area is 180 Å². The van der Waals surface area contributed by atoms with E-state index in [1.54, 1.807) is 35.3 Å². The quantitative estimate of drug-likeness (QED) is 0.442. The van der Waals surface area contributed by atoms with Crippen molar-refractivity contribution < 1.29 is 24.1 Å². The van der Waals surface area contributed by atoms with E-state index in [2.05, 4.69) is 20.4 Å². The SMILES string of the molecule is COc1cc(-n2cnc(Nc3nc(Cl)nn4c(C(=O)O)ccc34)c2)cc(OC)c1OC. The van der Waals surface area contributed by atoms with Gasteiger partial charge in [-0.05, 0) is 23.7 Å². The first kappa shape index (κ1) is 20.3. The van der Waals surface area contributed by atoms with Crippen molar-refractivity contribution in [1.29, 1.82) is 0 Å². The molecule has 0 amide bonds. The van der Waals surface area contributed by atoms with Crippen LogP contribution in [0.3, 0.4) is 0 Å². The normalized spacial score (nSPS) is 10.8. The molecule has 0 unspecified atom stereocenters. The third-order valence-electron chi connectivity index (χ3n) is 4.48. The van der Waals surface area contributed by atoms with E-state index in [4.69, 9.17) is 25.8 Å². The van der Waals surface area contributed by atoms with Gasteiger partial charge in [-0.15, -0.1) is 5.10 Å².